The summed E-state index contributed by atoms with van der Waals surface area (Å²) in [6.45, 7) is 3.60. The van der Waals surface area contributed by atoms with Crippen LogP contribution in [0.4, 0.5) is 0 Å². The predicted octanol–water partition coefficient (Wildman–Crippen LogP) is 1.23. The molecule has 0 aromatic carbocycles. The molecule has 1 rings (SSSR count). The molecule has 74 valence electrons. The minimum atomic E-state index is 0.228. The summed E-state index contributed by atoms with van der Waals surface area (Å²) in [5.41, 5.74) is 0. The van der Waals surface area contributed by atoms with E-state index in [0.717, 1.165) is 17.9 Å². The van der Waals surface area contributed by atoms with Gasteiger partial charge in [-0.25, -0.2) is 0 Å². The highest BCUT2D eigenvalue weighted by Gasteiger charge is 2.10. The first-order valence-electron chi connectivity index (χ1n) is 4.40. The summed E-state index contributed by atoms with van der Waals surface area (Å²) in [4.78, 5) is 1.12. The van der Waals surface area contributed by atoms with Gasteiger partial charge in [0, 0.05) is 6.61 Å². The lowest BCUT2D eigenvalue weighted by molar-refractivity contribution is 0.115. The molecular formula is C8H15N3OS. The second-order valence-electron chi connectivity index (χ2n) is 2.74. The quantitative estimate of drug-likeness (QED) is 0.703. The van der Waals surface area contributed by atoms with Crippen molar-refractivity contribution in [3.63, 3.8) is 0 Å². The highest BCUT2D eigenvalue weighted by molar-refractivity contribution is 7.05. The van der Waals surface area contributed by atoms with Crippen molar-refractivity contribution in [3.8, 4) is 0 Å². The second-order valence-corrected chi connectivity index (χ2v) is 3.55. The first-order valence-corrected chi connectivity index (χ1v) is 5.18. The maximum Gasteiger partial charge on any atom is 0.0682 e. The Morgan fingerprint density at radius 3 is 3.08 bits per heavy atom. The van der Waals surface area contributed by atoms with E-state index in [4.69, 9.17) is 4.74 Å². The Kier molecular flexibility index (Phi) is 4.88. The number of nitrogens with one attached hydrogen (secondary N) is 1. The Balaban J connectivity index is 2.35. The molecule has 0 aliphatic rings. The highest BCUT2D eigenvalue weighted by Crippen LogP contribution is 2.14. The average Bonchev–Trinajstić information content (AvgIpc) is 2.65. The standard InChI is InChI=1S/C8H15N3OS/c1-3-4-12-6-7(9-2)8-5-10-11-13-8/h5,7,9H,3-4,6H2,1-2H3. The molecule has 1 aromatic heterocycles. The zero-order valence-electron chi connectivity index (χ0n) is 7.99. The van der Waals surface area contributed by atoms with Gasteiger partial charge in [-0.15, -0.1) is 5.10 Å². The number of likely N-dealkylation sites (N-methyl/N-ethyl adjacent to an activating group) is 1. The number of hydrogen-bond donors (Lipinski definition) is 1. The molecule has 0 radical (unpaired) electrons. The zero-order valence-corrected chi connectivity index (χ0v) is 8.80. The van der Waals surface area contributed by atoms with Crippen LogP contribution in [0, 0.1) is 0 Å². The van der Waals surface area contributed by atoms with E-state index in [0.29, 0.717) is 6.61 Å². The summed E-state index contributed by atoms with van der Waals surface area (Å²) >= 11 is 1.41. The normalized spacial score (nSPS) is 13.1. The molecule has 0 aliphatic heterocycles. The van der Waals surface area contributed by atoms with Crippen molar-refractivity contribution in [2.45, 2.75) is 19.4 Å². The number of aromatic nitrogens is 2. The molecule has 0 fully saturated rings. The van der Waals surface area contributed by atoms with Gasteiger partial charge in [-0.1, -0.05) is 11.4 Å². The van der Waals surface area contributed by atoms with Crippen molar-refractivity contribution in [1.29, 1.82) is 0 Å². The highest BCUT2D eigenvalue weighted by atomic mass is 32.1. The van der Waals surface area contributed by atoms with Crippen LogP contribution in [0.1, 0.15) is 24.3 Å². The Hall–Kier alpha value is -0.520. The molecule has 0 aliphatic carbocycles. The van der Waals surface area contributed by atoms with Gasteiger partial charge in [-0.05, 0) is 25.0 Å². The van der Waals surface area contributed by atoms with Crippen LogP contribution in [-0.4, -0.2) is 29.8 Å². The van der Waals surface area contributed by atoms with Crippen LogP contribution in [-0.2, 0) is 4.74 Å². The summed E-state index contributed by atoms with van der Waals surface area (Å²) in [7, 11) is 1.92. The van der Waals surface area contributed by atoms with Gasteiger partial charge in [-0.3, -0.25) is 0 Å². The minimum absolute atomic E-state index is 0.228. The molecule has 4 nitrogen and oxygen atoms in total. The van der Waals surface area contributed by atoms with E-state index < -0.39 is 0 Å². The summed E-state index contributed by atoms with van der Waals surface area (Å²) in [5, 5.41) is 6.96. The maximum atomic E-state index is 5.45. The van der Waals surface area contributed by atoms with Gasteiger partial charge in [-0.2, -0.15) is 0 Å². The van der Waals surface area contributed by atoms with Gasteiger partial charge in [0.25, 0.3) is 0 Å². The van der Waals surface area contributed by atoms with Crippen molar-refractivity contribution >= 4 is 11.5 Å². The van der Waals surface area contributed by atoms with Gasteiger partial charge in [0.1, 0.15) is 0 Å². The van der Waals surface area contributed by atoms with E-state index in [1.54, 1.807) is 6.20 Å². The smallest absolute Gasteiger partial charge is 0.0682 e. The van der Waals surface area contributed by atoms with Crippen molar-refractivity contribution in [1.82, 2.24) is 14.9 Å². The lowest BCUT2D eigenvalue weighted by Gasteiger charge is -2.12. The third kappa shape index (κ3) is 3.38. The largest absolute Gasteiger partial charge is 0.379 e. The molecule has 13 heavy (non-hydrogen) atoms. The Morgan fingerprint density at radius 1 is 1.69 bits per heavy atom. The van der Waals surface area contributed by atoms with Crippen LogP contribution >= 0.6 is 11.5 Å². The average molecular weight is 201 g/mol. The number of nitrogens with zero attached hydrogens (tertiary/aromatic N) is 2. The Bertz CT molecular complexity index is 215. The summed E-state index contributed by atoms with van der Waals surface area (Å²) in [5.74, 6) is 0. The third-order valence-corrected chi connectivity index (χ3v) is 2.48. The van der Waals surface area contributed by atoms with Gasteiger partial charge in [0.2, 0.25) is 0 Å². The van der Waals surface area contributed by atoms with Crippen LogP contribution in [0.5, 0.6) is 0 Å². The van der Waals surface area contributed by atoms with Crippen molar-refractivity contribution < 1.29 is 4.74 Å². The predicted molar refractivity (Wildman–Crippen MR) is 52.8 cm³/mol. The van der Waals surface area contributed by atoms with Crippen molar-refractivity contribution in [2.75, 3.05) is 20.3 Å². The van der Waals surface area contributed by atoms with E-state index in [2.05, 4.69) is 21.8 Å². The van der Waals surface area contributed by atoms with Crippen LogP contribution in [0.25, 0.3) is 0 Å². The SMILES string of the molecule is CCCOCC(NC)c1cnns1. The molecule has 1 heterocycles. The molecule has 0 spiro atoms. The molecule has 1 unspecified atom stereocenters. The maximum absolute atomic E-state index is 5.45. The van der Waals surface area contributed by atoms with Crippen LogP contribution < -0.4 is 5.32 Å². The molecule has 1 N–H and O–H groups in total. The Labute approximate surface area is 82.5 Å². The van der Waals surface area contributed by atoms with E-state index in [9.17, 15) is 0 Å². The van der Waals surface area contributed by atoms with E-state index >= 15 is 0 Å². The monoisotopic (exact) mass is 201 g/mol. The topological polar surface area (TPSA) is 47.0 Å². The first kappa shape index (κ1) is 10.6. The zero-order chi connectivity index (χ0) is 9.52. The number of rotatable bonds is 6. The number of hydrogen-bond acceptors (Lipinski definition) is 5. The first-order chi connectivity index (χ1) is 6.38. The number of ether oxygens (including phenoxy) is 1. The van der Waals surface area contributed by atoms with Crippen LogP contribution in [0.2, 0.25) is 0 Å². The van der Waals surface area contributed by atoms with E-state index in [1.165, 1.54) is 11.5 Å². The van der Waals surface area contributed by atoms with Gasteiger partial charge >= 0.3 is 0 Å². The van der Waals surface area contributed by atoms with Gasteiger partial charge in [0.15, 0.2) is 0 Å². The molecule has 0 saturated carbocycles. The summed E-state index contributed by atoms with van der Waals surface area (Å²) in [6.07, 6.45) is 2.83. The second kappa shape index (κ2) is 6.01. The van der Waals surface area contributed by atoms with E-state index in [-0.39, 0.29) is 6.04 Å². The van der Waals surface area contributed by atoms with Gasteiger partial charge < -0.3 is 10.1 Å². The molecule has 0 amide bonds. The fourth-order valence-electron chi connectivity index (χ4n) is 0.982. The lowest BCUT2D eigenvalue weighted by atomic mass is 10.3. The van der Waals surface area contributed by atoms with Crippen LogP contribution in [0.3, 0.4) is 0 Å². The molecule has 0 saturated heterocycles. The Morgan fingerprint density at radius 2 is 2.54 bits per heavy atom. The van der Waals surface area contributed by atoms with Crippen molar-refractivity contribution in [2.24, 2.45) is 0 Å². The molecule has 1 aromatic rings. The molecule has 1 atom stereocenters. The summed E-state index contributed by atoms with van der Waals surface area (Å²) in [6, 6.07) is 0.228. The van der Waals surface area contributed by atoms with Gasteiger partial charge in [0.05, 0.1) is 23.7 Å². The molecular weight excluding hydrogens is 186 g/mol. The van der Waals surface area contributed by atoms with E-state index in [1.807, 2.05) is 7.05 Å². The third-order valence-electron chi connectivity index (χ3n) is 1.70. The minimum Gasteiger partial charge on any atom is -0.379 e. The fourth-order valence-corrected chi connectivity index (χ4v) is 1.58. The lowest BCUT2D eigenvalue weighted by Crippen LogP contribution is -2.21. The van der Waals surface area contributed by atoms with Crippen LogP contribution in [0.15, 0.2) is 6.20 Å². The molecule has 0 bridgehead atoms. The fraction of sp³-hybridized carbons (Fsp3) is 0.750. The molecule has 5 heteroatoms. The van der Waals surface area contributed by atoms with Crippen molar-refractivity contribution in [3.05, 3.63) is 11.1 Å². The summed E-state index contributed by atoms with van der Waals surface area (Å²) < 4.78 is 9.26.